The van der Waals surface area contributed by atoms with Crippen LogP contribution in [0.2, 0.25) is 0 Å². The molecule has 0 saturated carbocycles. The first-order chi connectivity index (χ1) is 16.6. The van der Waals surface area contributed by atoms with Crippen LogP contribution in [0.25, 0.3) is 22.3 Å². The molecule has 0 aliphatic carbocycles. The molecule has 0 amide bonds. The first-order valence-corrected chi connectivity index (χ1v) is 10.8. The number of hydrogen-bond donors (Lipinski definition) is 0. The lowest BCUT2D eigenvalue weighted by atomic mass is 9.87. The zero-order valence-corrected chi connectivity index (χ0v) is 18.1. The molecule has 0 radical (unpaired) electrons. The van der Waals surface area contributed by atoms with Crippen molar-refractivity contribution in [1.29, 1.82) is 0 Å². The molecule has 0 N–H and O–H groups in total. The van der Waals surface area contributed by atoms with Gasteiger partial charge in [0.2, 0.25) is 0 Å². The lowest BCUT2D eigenvalue weighted by molar-refractivity contribution is -0.143. The Bertz CT molecular complexity index is 1310. The SMILES string of the molecule is FC(F)(F)c1cc(-c2cccc(-c3ccccc3)c2C2OC2c2ccccc2)cc(C(F)(F)F)c1. The normalized spacial score (nSPS) is 17.9. The number of halogens is 6. The molecule has 178 valence electrons. The standard InChI is InChI=1S/C28H18F6O/c29-27(30,31)20-14-19(15-21(16-20)28(32,33)34)23-13-7-12-22(17-8-3-1-4-9-17)24(23)26-25(35-26)18-10-5-2-6-11-18/h1-16,25-26H. The third-order valence-electron chi connectivity index (χ3n) is 5.99. The van der Waals surface area contributed by atoms with Gasteiger partial charge in [-0.1, -0.05) is 78.9 Å². The fraction of sp³-hybridized carbons (Fsp3) is 0.143. The summed E-state index contributed by atoms with van der Waals surface area (Å²) in [6.45, 7) is 0. The van der Waals surface area contributed by atoms with Gasteiger partial charge in [0.25, 0.3) is 0 Å². The summed E-state index contributed by atoms with van der Waals surface area (Å²) in [5.41, 5.74) is 0.316. The van der Waals surface area contributed by atoms with E-state index in [0.29, 0.717) is 11.1 Å². The van der Waals surface area contributed by atoms with Crippen molar-refractivity contribution in [3.63, 3.8) is 0 Å². The number of benzene rings is 4. The Morgan fingerprint density at radius 2 is 1.03 bits per heavy atom. The lowest BCUT2D eigenvalue weighted by Gasteiger charge is -2.18. The number of hydrogen-bond acceptors (Lipinski definition) is 1. The molecular formula is C28H18F6O. The van der Waals surface area contributed by atoms with Gasteiger partial charge in [-0.15, -0.1) is 0 Å². The van der Waals surface area contributed by atoms with Crippen LogP contribution in [-0.4, -0.2) is 0 Å². The van der Waals surface area contributed by atoms with Gasteiger partial charge < -0.3 is 4.74 Å². The van der Waals surface area contributed by atoms with Crippen LogP contribution in [0, 0.1) is 0 Å². The van der Waals surface area contributed by atoms with Crippen molar-refractivity contribution >= 4 is 0 Å². The molecule has 0 spiro atoms. The summed E-state index contributed by atoms with van der Waals surface area (Å²) < 4.78 is 87.3. The highest BCUT2D eigenvalue weighted by molar-refractivity contribution is 5.80. The second kappa shape index (κ2) is 8.57. The Balaban J connectivity index is 1.72. The molecule has 0 aromatic heterocycles. The minimum absolute atomic E-state index is 0.143. The monoisotopic (exact) mass is 484 g/mol. The van der Waals surface area contributed by atoms with E-state index in [4.69, 9.17) is 4.74 Å². The van der Waals surface area contributed by atoms with E-state index in [-0.39, 0.29) is 23.3 Å². The highest BCUT2D eigenvalue weighted by Gasteiger charge is 2.44. The average Bonchev–Trinajstić information content (AvgIpc) is 3.64. The van der Waals surface area contributed by atoms with Crippen molar-refractivity contribution < 1.29 is 31.1 Å². The topological polar surface area (TPSA) is 12.5 Å². The molecule has 1 saturated heterocycles. The van der Waals surface area contributed by atoms with Crippen LogP contribution in [0.1, 0.15) is 34.5 Å². The summed E-state index contributed by atoms with van der Waals surface area (Å²) in [5.74, 6) is 0. The van der Waals surface area contributed by atoms with Crippen molar-refractivity contribution in [2.45, 2.75) is 24.6 Å². The van der Waals surface area contributed by atoms with E-state index in [0.717, 1.165) is 23.3 Å². The Kier molecular flexibility index (Phi) is 5.68. The smallest absolute Gasteiger partial charge is 0.359 e. The van der Waals surface area contributed by atoms with Gasteiger partial charge >= 0.3 is 12.4 Å². The number of rotatable bonds is 4. The van der Waals surface area contributed by atoms with Crippen LogP contribution in [-0.2, 0) is 17.1 Å². The molecule has 35 heavy (non-hydrogen) atoms. The van der Waals surface area contributed by atoms with Crippen molar-refractivity contribution in [3.05, 3.63) is 119 Å². The third kappa shape index (κ3) is 4.68. The Hall–Kier alpha value is -3.58. The molecule has 0 bridgehead atoms. The van der Waals surface area contributed by atoms with E-state index in [1.165, 1.54) is 0 Å². The van der Waals surface area contributed by atoms with Crippen molar-refractivity contribution in [1.82, 2.24) is 0 Å². The summed E-state index contributed by atoms with van der Waals surface area (Å²) >= 11 is 0. The predicted molar refractivity (Wildman–Crippen MR) is 120 cm³/mol. The number of ether oxygens (including phenoxy) is 1. The van der Waals surface area contributed by atoms with Gasteiger partial charge in [0.15, 0.2) is 0 Å². The molecule has 1 fully saturated rings. The first kappa shape index (κ1) is 23.2. The van der Waals surface area contributed by atoms with Crippen LogP contribution in [0.4, 0.5) is 26.3 Å². The van der Waals surface area contributed by atoms with Crippen LogP contribution >= 0.6 is 0 Å². The fourth-order valence-corrected chi connectivity index (χ4v) is 4.33. The van der Waals surface area contributed by atoms with E-state index in [1.807, 2.05) is 60.7 Å². The molecule has 1 aliphatic heterocycles. The van der Waals surface area contributed by atoms with Crippen LogP contribution in [0.5, 0.6) is 0 Å². The van der Waals surface area contributed by atoms with Crippen LogP contribution in [0.3, 0.4) is 0 Å². The summed E-state index contributed by atoms with van der Waals surface area (Å²) in [6.07, 6.45) is -10.7. The predicted octanol–water partition coefficient (Wildman–Crippen LogP) is 8.87. The summed E-state index contributed by atoms with van der Waals surface area (Å²) in [5, 5.41) is 0. The molecule has 2 atom stereocenters. The first-order valence-electron chi connectivity index (χ1n) is 10.8. The number of alkyl halides is 6. The summed E-state index contributed by atoms with van der Waals surface area (Å²) in [6, 6.07) is 25.1. The van der Waals surface area contributed by atoms with Crippen molar-refractivity contribution in [2.24, 2.45) is 0 Å². The van der Waals surface area contributed by atoms with E-state index in [1.54, 1.807) is 18.2 Å². The zero-order valence-electron chi connectivity index (χ0n) is 18.1. The molecule has 4 aromatic carbocycles. The largest absolute Gasteiger partial charge is 0.416 e. The van der Waals surface area contributed by atoms with Gasteiger partial charge in [0.1, 0.15) is 12.2 Å². The van der Waals surface area contributed by atoms with Crippen LogP contribution in [0.15, 0.2) is 97.1 Å². The second-order valence-corrected chi connectivity index (χ2v) is 8.32. The quantitative estimate of drug-likeness (QED) is 0.208. The molecule has 7 heteroatoms. The van der Waals surface area contributed by atoms with Gasteiger partial charge in [0.05, 0.1) is 11.1 Å². The molecule has 1 aliphatic rings. The molecule has 5 rings (SSSR count). The second-order valence-electron chi connectivity index (χ2n) is 8.32. The third-order valence-corrected chi connectivity index (χ3v) is 5.99. The highest BCUT2D eigenvalue weighted by atomic mass is 19.4. The van der Waals surface area contributed by atoms with E-state index < -0.39 is 29.6 Å². The summed E-state index contributed by atoms with van der Waals surface area (Å²) in [7, 11) is 0. The van der Waals surface area contributed by atoms with E-state index in [9.17, 15) is 26.3 Å². The van der Waals surface area contributed by atoms with Gasteiger partial charge in [-0.05, 0) is 51.6 Å². The molecular weight excluding hydrogens is 466 g/mol. The molecule has 1 nitrogen and oxygen atoms in total. The molecule has 2 unspecified atom stereocenters. The fourth-order valence-electron chi connectivity index (χ4n) is 4.33. The van der Waals surface area contributed by atoms with Gasteiger partial charge in [-0.25, -0.2) is 0 Å². The average molecular weight is 484 g/mol. The number of epoxide rings is 1. The Labute approximate surface area is 197 Å². The Morgan fingerprint density at radius 3 is 1.57 bits per heavy atom. The maximum atomic E-state index is 13.6. The van der Waals surface area contributed by atoms with Gasteiger partial charge in [0, 0.05) is 0 Å². The minimum atomic E-state index is -4.93. The van der Waals surface area contributed by atoms with Gasteiger partial charge in [-0.3, -0.25) is 0 Å². The van der Waals surface area contributed by atoms with E-state index >= 15 is 0 Å². The van der Waals surface area contributed by atoms with Gasteiger partial charge in [-0.2, -0.15) is 26.3 Å². The van der Waals surface area contributed by atoms with E-state index in [2.05, 4.69) is 0 Å². The molecule has 1 heterocycles. The zero-order chi connectivity index (χ0) is 24.8. The minimum Gasteiger partial charge on any atom is -0.359 e. The molecule has 4 aromatic rings. The Morgan fingerprint density at radius 1 is 0.514 bits per heavy atom. The van der Waals surface area contributed by atoms with Crippen molar-refractivity contribution in [2.75, 3.05) is 0 Å². The van der Waals surface area contributed by atoms with Crippen LogP contribution < -0.4 is 0 Å². The van der Waals surface area contributed by atoms with Crippen molar-refractivity contribution in [3.8, 4) is 22.3 Å². The lowest BCUT2D eigenvalue weighted by Crippen LogP contribution is -2.11. The maximum Gasteiger partial charge on any atom is 0.416 e. The summed E-state index contributed by atoms with van der Waals surface area (Å²) in [4.78, 5) is 0. The maximum absolute atomic E-state index is 13.6. The highest BCUT2D eigenvalue weighted by Crippen LogP contribution is 2.56.